The van der Waals surface area contributed by atoms with E-state index in [1.807, 2.05) is 83.1 Å². The highest BCUT2D eigenvalue weighted by Gasteiger charge is 2.78. The molecule has 0 unspecified atom stereocenters. The van der Waals surface area contributed by atoms with Crippen molar-refractivity contribution < 1.29 is 18.1 Å². The average molecular weight is 2130 g/mol. The lowest BCUT2D eigenvalue weighted by molar-refractivity contribution is -0.0960. The number of hydrogen-bond donors (Lipinski definition) is 0. The molecule has 0 bridgehead atoms. The van der Waals surface area contributed by atoms with Crippen LogP contribution in [-0.2, 0) is 18.1 Å². The molecule has 0 saturated heterocycles. The van der Waals surface area contributed by atoms with Gasteiger partial charge in [-0.3, -0.25) is 13.6 Å². The van der Waals surface area contributed by atoms with Gasteiger partial charge < -0.3 is 0 Å². The fraction of sp³-hybridized carbons (Fsp3) is 1.00. The zero-order valence-electron chi connectivity index (χ0n) is 35.9. The molecule has 374 valence electrons. The molecule has 0 aromatic carbocycles. The van der Waals surface area contributed by atoms with Crippen LogP contribution in [0.5, 0.6) is 0 Å². The second-order valence-electron chi connectivity index (χ2n) is 19.2. The van der Waals surface area contributed by atoms with Crippen LogP contribution in [0.15, 0.2) is 0 Å². The summed E-state index contributed by atoms with van der Waals surface area (Å²) >= 11 is 94.0. The molecular weight excluding hydrogens is 2070 g/mol. The lowest BCUT2D eigenvalue weighted by Gasteiger charge is -2.63. The van der Waals surface area contributed by atoms with Crippen LogP contribution in [-0.4, -0.2) is 85.8 Å². The van der Waals surface area contributed by atoms with Crippen molar-refractivity contribution >= 4 is 329 Å². The molecule has 0 spiro atoms. The molecule has 0 amide bonds. The number of hydrogen-bond acceptors (Lipinski definition) is 4. The number of rotatable bonds is 27. The van der Waals surface area contributed by atoms with Gasteiger partial charge >= 0.3 is 7.82 Å². The molecule has 0 aliphatic carbocycles. The molecule has 0 N–H and O–H groups in total. The second-order valence-corrected chi connectivity index (χ2v) is 45.4. The molecule has 4 nitrogen and oxygen atoms in total. The molecule has 0 rings (SSSR count). The summed E-state index contributed by atoms with van der Waals surface area (Å²) in [7, 11) is -5.40. The Hall–Kier alpha value is 9.62. The molecule has 26 heteroatoms. The van der Waals surface area contributed by atoms with Crippen molar-refractivity contribution in [2.24, 2.45) is 32.5 Å². The van der Waals surface area contributed by atoms with Crippen LogP contribution in [0.4, 0.5) is 0 Å². The van der Waals surface area contributed by atoms with Gasteiger partial charge in [0.25, 0.3) is 0 Å². The van der Waals surface area contributed by atoms with E-state index in [4.69, 9.17) is 48.4 Å². The Balaban J connectivity index is 10.2. The highest BCUT2D eigenvalue weighted by Crippen LogP contribution is 2.78. The Morgan fingerprint density at radius 2 is 0.435 bits per heavy atom. The van der Waals surface area contributed by atoms with Gasteiger partial charge in [0.05, 0.1) is 17.6 Å². The molecule has 0 atom stereocenters. The Bertz CT molecular complexity index is 1300. The molecule has 0 aliphatic rings. The fourth-order valence-corrected chi connectivity index (χ4v) is 31.4. The predicted octanol–water partition coefficient (Wildman–Crippen LogP) is 22.5. The number of phosphoric ester groups is 1. The topological polar surface area (TPSA) is 44.8 Å². The van der Waals surface area contributed by atoms with Crippen molar-refractivity contribution in [2.75, 3.05) is 49.6 Å². The summed E-state index contributed by atoms with van der Waals surface area (Å²) in [5.74, 6) is -0.935. The first-order chi connectivity index (χ1) is 27.2. The minimum absolute atomic E-state index is 0.312. The molecule has 0 radical (unpaired) electrons. The maximum absolute atomic E-state index is 17.7. The first kappa shape index (κ1) is 71.6. The van der Waals surface area contributed by atoms with Crippen LogP contribution in [0.1, 0.15) is 83.1 Å². The number of alkyl halides is 21. The van der Waals surface area contributed by atoms with Crippen LogP contribution in [0, 0.1) is 32.5 Å². The monoisotopic (exact) mass is 2110 g/mol. The number of halogens is 21. The smallest absolute Gasteiger partial charge is 0.274 e. The summed E-state index contributed by atoms with van der Waals surface area (Å²) in [6, 6.07) is 0. The van der Waals surface area contributed by atoms with Gasteiger partial charge in [-0.05, 0) is 0 Å². The van der Waals surface area contributed by atoms with Crippen molar-refractivity contribution in [1.29, 1.82) is 0 Å². The lowest BCUT2D eigenvalue weighted by atomic mass is 9.74. The Morgan fingerprint density at radius 1 is 0.323 bits per heavy atom. The zero-order chi connectivity index (χ0) is 50.5. The third-order valence-corrected chi connectivity index (χ3v) is 43.2. The SMILES string of the molecule is CC(C)(CBr)C(Br)(Br)C(CCl)(OP(=O)(OC(CCl)(C(Br)(Br)C(C)(C)CBr)C(Br)(Br)C(C)(C)CBr)OC(CCl)(C(Br)(Br)C(C)(C)CBr)C(Br)(Br)C(C)(C)CBr)C(Br)(Br)C(C)(C)CBr. The van der Waals surface area contributed by atoms with Gasteiger partial charge in [-0.15, -0.1) is 34.8 Å². The summed E-state index contributed by atoms with van der Waals surface area (Å²) in [6.07, 6.45) is 0. The second kappa shape index (κ2) is 24.7. The van der Waals surface area contributed by atoms with Crippen molar-refractivity contribution in [1.82, 2.24) is 0 Å². The largest absolute Gasteiger partial charge is 0.477 e. The third kappa shape index (κ3) is 12.4. The van der Waals surface area contributed by atoms with Crippen molar-refractivity contribution in [3.8, 4) is 0 Å². The highest BCUT2D eigenvalue weighted by atomic mass is 79.9. The normalized spacial score (nSPS) is 16.3. The molecule has 0 aliphatic heterocycles. The van der Waals surface area contributed by atoms with Gasteiger partial charge in [-0.2, -0.15) is 0 Å². The molecule has 0 aromatic heterocycles. The van der Waals surface area contributed by atoms with Gasteiger partial charge in [0, 0.05) is 64.5 Å². The van der Waals surface area contributed by atoms with E-state index >= 15 is 4.57 Å². The summed E-state index contributed by atoms with van der Waals surface area (Å²) < 4.78 is 32.3. The fourth-order valence-electron chi connectivity index (χ4n) is 5.92. The van der Waals surface area contributed by atoms with Crippen LogP contribution < -0.4 is 0 Å². The maximum Gasteiger partial charge on any atom is 0.477 e. The highest BCUT2D eigenvalue weighted by molar-refractivity contribution is 9.28. The van der Waals surface area contributed by atoms with Crippen LogP contribution >= 0.6 is 329 Å². The van der Waals surface area contributed by atoms with E-state index in [-0.39, 0.29) is 17.6 Å². The summed E-state index contributed by atoms with van der Waals surface area (Å²) in [5.41, 5.74) is -10.2. The van der Waals surface area contributed by atoms with E-state index in [0.29, 0.717) is 32.0 Å². The predicted molar refractivity (Wildman–Crippen MR) is 340 cm³/mol. The van der Waals surface area contributed by atoms with E-state index in [1.165, 1.54) is 0 Å². The minimum atomic E-state index is -5.40. The summed E-state index contributed by atoms with van der Waals surface area (Å²) in [5, 5.41) is 2.50. The molecular formula is C36H54Br18Cl3O4P. The molecule has 62 heavy (non-hydrogen) atoms. The van der Waals surface area contributed by atoms with Crippen molar-refractivity contribution in [3.63, 3.8) is 0 Å². The van der Waals surface area contributed by atoms with Crippen molar-refractivity contribution in [2.45, 2.75) is 119 Å². The molecule has 0 saturated carbocycles. The van der Waals surface area contributed by atoms with E-state index in [2.05, 4.69) is 287 Å². The van der Waals surface area contributed by atoms with Gasteiger partial charge in [0.1, 0.15) is 36.2 Å². The van der Waals surface area contributed by atoms with Gasteiger partial charge in [-0.25, -0.2) is 4.57 Å². The Labute approximate surface area is 539 Å². The Kier molecular flexibility index (Phi) is 28.6. The van der Waals surface area contributed by atoms with Crippen molar-refractivity contribution in [3.05, 3.63) is 0 Å². The summed E-state index contributed by atoms with van der Waals surface area (Å²) in [4.78, 5) is 0. The van der Waals surface area contributed by atoms with E-state index < -0.39 is 76.5 Å². The standard InChI is InChI=1S/C36H54Br18Cl3O4P/c1-22(2,13-37)31(43,44)28(19-55,32(45,46)23(3,4)14-38)59-62(58,60-29(20-56,33(47,48)24(5,6)15-39)34(49,50)25(7,8)16-40)61-30(21-57,35(51,52)26(9,10)17-41)36(53,54)27(11,12)18-42/h13-21H2,1-12H3. The summed E-state index contributed by atoms with van der Waals surface area (Å²) in [6.45, 7) is 24.1. The number of phosphoric acid groups is 1. The van der Waals surface area contributed by atoms with Gasteiger partial charge in [0.2, 0.25) is 0 Å². The minimum Gasteiger partial charge on any atom is -0.274 e. The van der Waals surface area contributed by atoms with E-state index in [9.17, 15) is 0 Å². The molecule has 0 fully saturated rings. The maximum atomic E-state index is 17.7. The van der Waals surface area contributed by atoms with E-state index in [0.717, 1.165) is 0 Å². The quantitative estimate of drug-likeness (QED) is 0.0607. The van der Waals surface area contributed by atoms with Gasteiger partial charge in [-0.1, -0.05) is 370 Å². The molecule has 0 aromatic rings. The lowest BCUT2D eigenvalue weighted by Crippen LogP contribution is -2.72. The Morgan fingerprint density at radius 3 is 0.516 bits per heavy atom. The first-order valence-electron chi connectivity index (χ1n) is 18.2. The molecule has 0 heterocycles. The van der Waals surface area contributed by atoms with E-state index in [1.54, 1.807) is 0 Å². The van der Waals surface area contributed by atoms with Crippen LogP contribution in [0.3, 0.4) is 0 Å². The van der Waals surface area contributed by atoms with Crippen LogP contribution in [0.25, 0.3) is 0 Å². The van der Waals surface area contributed by atoms with Crippen LogP contribution in [0.2, 0.25) is 0 Å². The zero-order valence-corrected chi connectivity index (χ0v) is 67.6. The first-order valence-corrected chi connectivity index (χ1v) is 37.5. The average Bonchev–Trinajstić information content (AvgIpc) is 3.16. The third-order valence-electron chi connectivity index (χ3n) is 11.5. The van der Waals surface area contributed by atoms with Gasteiger partial charge in [0.15, 0.2) is 0 Å².